The Morgan fingerprint density at radius 2 is 1.00 bits per heavy atom. The highest BCUT2D eigenvalue weighted by atomic mass is 32.1. The van der Waals surface area contributed by atoms with Gasteiger partial charge in [0.25, 0.3) is 0 Å². The number of anilines is 3. The van der Waals surface area contributed by atoms with Gasteiger partial charge in [-0.05, 0) is 93.2 Å². The number of rotatable bonds is 6. The molecule has 11 aromatic rings. The molecular weight excluding hydrogens is 687 g/mol. The van der Waals surface area contributed by atoms with E-state index in [-0.39, 0.29) is 0 Å². The summed E-state index contributed by atoms with van der Waals surface area (Å²) >= 11 is 1.87. The Balaban J connectivity index is 1.07. The van der Waals surface area contributed by atoms with E-state index in [1.54, 1.807) is 0 Å². The molecule has 0 fully saturated rings. The van der Waals surface area contributed by atoms with Crippen molar-refractivity contribution in [1.29, 1.82) is 0 Å². The molecule has 0 bridgehead atoms. The standard InChI is InChI=1S/C52H33NOS/c1-2-12-34(13-3-1)35-24-28-39(29-25-35)53(41-16-10-15-37(32-41)43-20-11-21-45-44-18-7-9-23-49(44)55-52(43)45)40-30-26-36(27-31-40)50-42-17-5-4-14-38(42)33-48-51(50)46-19-6-8-22-47(46)54-48/h1-33H. The average molecular weight is 720 g/mol. The first-order valence-corrected chi connectivity index (χ1v) is 19.5. The molecule has 0 atom stereocenters. The van der Waals surface area contributed by atoms with Crippen LogP contribution in [0.4, 0.5) is 17.1 Å². The maximum atomic E-state index is 6.43. The van der Waals surface area contributed by atoms with Gasteiger partial charge in [0.05, 0.1) is 0 Å². The SMILES string of the molecule is c1ccc(-c2ccc(N(c3ccc(-c4c5ccccc5cc5oc6ccccc6c45)cc3)c3cccc(-c4cccc5c4sc4ccccc45)c3)cc2)cc1. The third-order valence-electron chi connectivity index (χ3n) is 10.9. The first-order chi connectivity index (χ1) is 27.3. The van der Waals surface area contributed by atoms with Gasteiger partial charge in [0, 0.05) is 53.6 Å². The van der Waals surface area contributed by atoms with E-state index in [1.807, 2.05) is 17.4 Å². The summed E-state index contributed by atoms with van der Waals surface area (Å²) in [4.78, 5) is 2.37. The van der Waals surface area contributed by atoms with Crippen molar-refractivity contribution >= 4 is 81.3 Å². The van der Waals surface area contributed by atoms with Crippen LogP contribution in [-0.4, -0.2) is 0 Å². The Morgan fingerprint density at radius 3 is 1.82 bits per heavy atom. The molecule has 0 aliphatic heterocycles. The fraction of sp³-hybridized carbons (Fsp3) is 0. The predicted octanol–water partition coefficient (Wildman–Crippen LogP) is 15.6. The van der Waals surface area contributed by atoms with Gasteiger partial charge in [-0.25, -0.2) is 0 Å². The Bertz CT molecular complexity index is 3190. The quantitative estimate of drug-likeness (QED) is 0.170. The Kier molecular flexibility index (Phi) is 7.39. The minimum Gasteiger partial charge on any atom is -0.456 e. The van der Waals surface area contributed by atoms with Gasteiger partial charge < -0.3 is 9.32 Å². The van der Waals surface area contributed by atoms with Crippen molar-refractivity contribution in [2.24, 2.45) is 0 Å². The van der Waals surface area contributed by atoms with Crippen molar-refractivity contribution in [2.45, 2.75) is 0 Å². The number of benzene rings is 9. The number of para-hydroxylation sites is 1. The topological polar surface area (TPSA) is 16.4 Å². The van der Waals surface area contributed by atoms with Crippen LogP contribution in [0.15, 0.2) is 205 Å². The molecule has 2 aromatic heterocycles. The number of hydrogen-bond donors (Lipinski definition) is 0. The summed E-state index contributed by atoms with van der Waals surface area (Å²) in [5.41, 5.74) is 12.3. The van der Waals surface area contributed by atoms with Gasteiger partial charge in [-0.1, -0.05) is 146 Å². The fourth-order valence-electron chi connectivity index (χ4n) is 8.30. The Hall–Kier alpha value is -6.94. The highest BCUT2D eigenvalue weighted by molar-refractivity contribution is 7.26. The van der Waals surface area contributed by atoms with E-state index in [2.05, 4.69) is 199 Å². The van der Waals surface area contributed by atoms with Crippen LogP contribution in [0.2, 0.25) is 0 Å². The molecule has 0 amide bonds. The lowest BCUT2D eigenvalue weighted by Crippen LogP contribution is -2.10. The summed E-state index contributed by atoms with van der Waals surface area (Å²) in [5.74, 6) is 0. The van der Waals surface area contributed by atoms with Crippen molar-refractivity contribution in [3.05, 3.63) is 200 Å². The predicted molar refractivity (Wildman–Crippen MR) is 235 cm³/mol. The molecule has 0 N–H and O–H groups in total. The molecule has 2 nitrogen and oxygen atoms in total. The van der Waals surface area contributed by atoms with Crippen LogP contribution < -0.4 is 4.90 Å². The van der Waals surface area contributed by atoms with Crippen LogP contribution in [0.5, 0.6) is 0 Å². The minimum atomic E-state index is 0.905. The lowest BCUT2D eigenvalue weighted by atomic mass is 9.93. The zero-order valence-electron chi connectivity index (χ0n) is 29.8. The molecule has 3 heteroatoms. The van der Waals surface area contributed by atoms with Crippen LogP contribution in [0.3, 0.4) is 0 Å². The lowest BCUT2D eigenvalue weighted by molar-refractivity contribution is 0.669. The van der Waals surface area contributed by atoms with E-state index in [0.717, 1.165) is 44.6 Å². The van der Waals surface area contributed by atoms with Crippen molar-refractivity contribution in [3.63, 3.8) is 0 Å². The highest BCUT2D eigenvalue weighted by Crippen LogP contribution is 2.45. The van der Waals surface area contributed by atoms with Crippen LogP contribution in [0.1, 0.15) is 0 Å². The van der Waals surface area contributed by atoms with Gasteiger partial charge in [0.15, 0.2) is 0 Å². The Labute approximate surface area is 322 Å². The number of furan rings is 1. The van der Waals surface area contributed by atoms with Gasteiger partial charge in [0.1, 0.15) is 11.2 Å². The molecular formula is C52H33NOS. The zero-order valence-corrected chi connectivity index (χ0v) is 30.6. The van der Waals surface area contributed by atoms with Gasteiger partial charge >= 0.3 is 0 Å². The van der Waals surface area contributed by atoms with E-state index in [9.17, 15) is 0 Å². The summed E-state index contributed by atoms with van der Waals surface area (Å²) in [5, 5.41) is 7.28. The third-order valence-corrected chi connectivity index (χ3v) is 12.1. The van der Waals surface area contributed by atoms with E-state index in [4.69, 9.17) is 4.42 Å². The van der Waals surface area contributed by atoms with Gasteiger partial charge in [-0.3, -0.25) is 0 Å². The minimum absolute atomic E-state index is 0.905. The molecule has 55 heavy (non-hydrogen) atoms. The van der Waals surface area contributed by atoms with E-state index < -0.39 is 0 Å². The Morgan fingerprint density at radius 1 is 0.382 bits per heavy atom. The van der Waals surface area contributed by atoms with E-state index in [0.29, 0.717) is 0 Å². The molecule has 0 spiro atoms. The van der Waals surface area contributed by atoms with E-state index in [1.165, 1.54) is 58.8 Å². The first kappa shape index (κ1) is 31.6. The maximum absolute atomic E-state index is 6.43. The number of hydrogen-bond acceptors (Lipinski definition) is 3. The second-order valence-corrected chi connectivity index (χ2v) is 15.1. The second-order valence-electron chi connectivity index (χ2n) is 14.1. The summed E-state index contributed by atoms with van der Waals surface area (Å²) in [6, 6.07) is 72.1. The normalized spacial score (nSPS) is 11.6. The number of thiophene rings is 1. The molecule has 0 aliphatic carbocycles. The summed E-state index contributed by atoms with van der Waals surface area (Å²) < 4.78 is 9.06. The molecule has 0 unspecified atom stereocenters. The van der Waals surface area contributed by atoms with Crippen LogP contribution in [0.25, 0.3) is 86.3 Å². The monoisotopic (exact) mass is 719 g/mol. The lowest BCUT2D eigenvalue weighted by Gasteiger charge is -2.26. The van der Waals surface area contributed by atoms with Crippen LogP contribution in [-0.2, 0) is 0 Å². The van der Waals surface area contributed by atoms with E-state index >= 15 is 0 Å². The van der Waals surface area contributed by atoms with Crippen molar-refractivity contribution in [2.75, 3.05) is 4.90 Å². The van der Waals surface area contributed by atoms with Gasteiger partial charge in [-0.2, -0.15) is 0 Å². The summed E-state index contributed by atoms with van der Waals surface area (Å²) in [7, 11) is 0. The largest absolute Gasteiger partial charge is 0.456 e. The second kappa shape index (κ2) is 12.9. The van der Waals surface area contributed by atoms with Crippen molar-refractivity contribution in [1.82, 2.24) is 0 Å². The number of nitrogens with zero attached hydrogens (tertiary/aromatic N) is 1. The molecule has 258 valence electrons. The summed E-state index contributed by atoms with van der Waals surface area (Å²) in [6.45, 7) is 0. The smallest absolute Gasteiger partial charge is 0.136 e. The molecule has 2 heterocycles. The molecule has 0 radical (unpaired) electrons. The summed E-state index contributed by atoms with van der Waals surface area (Å²) in [6.07, 6.45) is 0. The van der Waals surface area contributed by atoms with Crippen LogP contribution in [0, 0.1) is 0 Å². The first-order valence-electron chi connectivity index (χ1n) is 18.7. The van der Waals surface area contributed by atoms with Crippen molar-refractivity contribution < 1.29 is 4.42 Å². The fourth-order valence-corrected chi connectivity index (χ4v) is 9.53. The molecule has 11 rings (SSSR count). The van der Waals surface area contributed by atoms with Gasteiger partial charge in [0.2, 0.25) is 0 Å². The van der Waals surface area contributed by atoms with Gasteiger partial charge in [-0.15, -0.1) is 11.3 Å². The maximum Gasteiger partial charge on any atom is 0.136 e. The average Bonchev–Trinajstić information content (AvgIpc) is 3.82. The number of fused-ring (bicyclic) bond motifs is 7. The van der Waals surface area contributed by atoms with Crippen molar-refractivity contribution in [3.8, 4) is 33.4 Å². The molecule has 0 aliphatic rings. The molecule has 0 saturated heterocycles. The molecule has 0 saturated carbocycles. The third kappa shape index (κ3) is 5.32. The zero-order chi connectivity index (χ0) is 36.3. The van der Waals surface area contributed by atoms with Crippen LogP contribution >= 0.6 is 11.3 Å². The highest BCUT2D eigenvalue weighted by Gasteiger charge is 2.19. The molecule has 9 aromatic carbocycles.